The summed E-state index contributed by atoms with van der Waals surface area (Å²) in [6.45, 7) is 4.46. The molecule has 0 heterocycles. The average Bonchev–Trinajstić information content (AvgIpc) is 2.29. The summed E-state index contributed by atoms with van der Waals surface area (Å²) in [5.74, 6) is 0.0386. The summed E-state index contributed by atoms with van der Waals surface area (Å²) in [7, 11) is 0. The van der Waals surface area contributed by atoms with E-state index in [0.29, 0.717) is 6.54 Å². The van der Waals surface area contributed by atoms with E-state index in [9.17, 15) is 13.2 Å². The van der Waals surface area contributed by atoms with Crippen molar-refractivity contribution >= 4 is 0 Å². The van der Waals surface area contributed by atoms with Crippen molar-refractivity contribution in [1.29, 1.82) is 0 Å². The molecule has 0 spiro atoms. The third-order valence-electron chi connectivity index (χ3n) is 2.73. The van der Waals surface area contributed by atoms with Crippen LogP contribution in [-0.2, 0) is 6.54 Å². The van der Waals surface area contributed by atoms with Crippen molar-refractivity contribution in [3.05, 3.63) is 29.8 Å². The second-order valence-electron chi connectivity index (χ2n) is 4.61. The van der Waals surface area contributed by atoms with Crippen LogP contribution in [0.3, 0.4) is 0 Å². The predicted molar refractivity (Wildman–Crippen MR) is 65.7 cm³/mol. The highest BCUT2D eigenvalue weighted by atomic mass is 19.4. The number of aliphatic hydroxyl groups is 1. The first-order valence-corrected chi connectivity index (χ1v) is 6.00. The molecular formula is C13H18F3NO2. The van der Waals surface area contributed by atoms with Gasteiger partial charge in [-0.05, 0) is 23.6 Å². The Kier molecular flexibility index (Phi) is 5.62. The lowest BCUT2D eigenvalue weighted by Gasteiger charge is -2.20. The fourth-order valence-corrected chi connectivity index (χ4v) is 1.57. The Morgan fingerprint density at radius 3 is 2.21 bits per heavy atom. The molecule has 1 aromatic rings. The molecule has 0 saturated carbocycles. The highest BCUT2D eigenvalue weighted by molar-refractivity contribution is 5.27. The second kappa shape index (κ2) is 6.77. The van der Waals surface area contributed by atoms with Crippen LogP contribution in [0.1, 0.15) is 19.4 Å². The molecule has 2 N–H and O–H groups in total. The fraction of sp³-hybridized carbons (Fsp3) is 0.538. The van der Waals surface area contributed by atoms with Crippen molar-refractivity contribution < 1.29 is 23.0 Å². The maximum absolute atomic E-state index is 12.0. The number of rotatable bonds is 6. The molecule has 1 aromatic carbocycles. The predicted octanol–water partition coefficient (Wildman–Crippen LogP) is 2.69. The van der Waals surface area contributed by atoms with Gasteiger partial charge in [0.1, 0.15) is 5.75 Å². The Morgan fingerprint density at radius 2 is 1.79 bits per heavy atom. The SMILES string of the molecule is CC(C)[C@@H](CO)NCc1ccc(OC(F)(F)F)cc1. The van der Waals surface area contributed by atoms with Gasteiger partial charge in [-0.25, -0.2) is 0 Å². The van der Waals surface area contributed by atoms with E-state index in [1.165, 1.54) is 12.1 Å². The average molecular weight is 277 g/mol. The smallest absolute Gasteiger partial charge is 0.406 e. The lowest BCUT2D eigenvalue weighted by atomic mass is 10.1. The largest absolute Gasteiger partial charge is 0.573 e. The number of hydrogen-bond acceptors (Lipinski definition) is 3. The van der Waals surface area contributed by atoms with Crippen molar-refractivity contribution in [2.75, 3.05) is 6.61 Å². The Morgan fingerprint density at radius 1 is 1.21 bits per heavy atom. The Bertz CT molecular complexity index is 376. The van der Waals surface area contributed by atoms with E-state index < -0.39 is 6.36 Å². The Hall–Kier alpha value is -1.27. The number of halogens is 3. The van der Waals surface area contributed by atoms with E-state index in [1.54, 1.807) is 12.1 Å². The van der Waals surface area contributed by atoms with E-state index in [-0.39, 0.29) is 24.3 Å². The first kappa shape index (κ1) is 15.8. The molecule has 0 aliphatic heterocycles. The van der Waals surface area contributed by atoms with Crippen molar-refractivity contribution in [3.63, 3.8) is 0 Å². The summed E-state index contributed by atoms with van der Waals surface area (Å²) in [5, 5.41) is 12.3. The van der Waals surface area contributed by atoms with Gasteiger partial charge in [-0.2, -0.15) is 0 Å². The van der Waals surface area contributed by atoms with Gasteiger partial charge in [0.25, 0.3) is 0 Å². The fourth-order valence-electron chi connectivity index (χ4n) is 1.57. The van der Waals surface area contributed by atoms with Crippen LogP contribution in [0.25, 0.3) is 0 Å². The molecular weight excluding hydrogens is 259 g/mol. The van der Waals surface area contributed by atoms with Crippen molar-refractivity contribution in [2.45, 2.75) is 32.8 Å². The van der Waals surface area contributed by atoms with Crippen LogP contribution < -0.4 is 10.1 Å². The van der Waals surface area contributed by atoms with Crippen LogP contribution in [0.2, 0.25) is 0 Å². The quantitative estimate of drug-likeness (QED) is 0.840. The molecule has 1 atom stereocenters. The molecule has 1 rings (SSSR count). The number of alkyl halides is 3. The summed E-state index contributed by atoms with van der Waals surface area (Å²) in [5.41, 5.74) is 0.827. The summed E-state index contributed by atoms with van der Waals surface area (Å²) in [6.07, 6.45) is -4.67. The molecule has 3 nitrogen and oxygen atoms in total. The summed E-state index contributed by atoms with van der Waals surface area (Å²) >= 11 is 0. The number of aliphatic hydroxyl groups excluding tert-OH is 1. The molecule has 108 valence electrons. The third kappa shape index (κ3) is 5.94. The van der Waals surface area contributed by atoms with Gasteiger partial charge in [-0.3, -0.25) is 0 Å². The van der Waals surface area contributed by atoms with Gasteiger partial charge in [0, 0.05) is 12.6 Å². The van der Waals surface area contributed by atoms with E-state index >= 15 is 0 Å². The topological polar surface area (TPSA) is 41.5 Å². The number of hydrogen-bond donors (Lipinski definition) is 2. The van der Waals surface area contributed by atoms with Crippen LogP contribution in [0, 0.1) is 5.92 Å². The van der Waals surface area contributed by atoms with Gasteiger partial charge in [0.15, 0.2) is 0 Å². The van der Waals surface area contributed by atoms with Crippen molar-refractivity contribution in [2.24, 2.45) is 5.92 Å². The standard InChI is InChI=1S/C13H18F3NO2/c1-9(2)12(8-18)17-7-10-3-5-11(6-4-10)19-13(14,15)16/h3-6,9,12,17-18H,7-8H2,1-2H3/t12-/m1/s1. The molecule has 0 unspecified atom stereocenters. The summed E-state index contributed by atoms with van der Waals surface area (Å²) < 4.78 is 39.7. The van der Waals surface area contributed by atoms with Crippen LogP contribution in [0.15, 0.2) is 24.3 Å². The Labute approximate surface area is 110 Å². The van der Waals surface area contributed by atoms with Crippen LogP contribution >= 0.6 is 0 Å². The first-order chi connectivity index (χ1) is 8.81. The minimum atomic E-state index is -4.67. The lowest BCUT2D eigenvalue weighted by molar-refractivity contribution is -0.274. The highest BCUT2D eigenvalue weighted by Gasteiger charge is 2.30. The molecule has 0 saturated heterocycles. The monoisotopic (exact) mass is 277 g/mol. The molecule has 0 radical (unpaired) electrons. The molecule has 6 heteroatoms. The summed E-state index contributed by atoms with van der Waals surface area (Å²) in [6, 6.07) is 5.62. The molecule has 0 aliphatic rings. The number of nitrogens with one attached hydrogen (secondary N) is 1. The van der Waals surface area contributed by atoms with Gasteiger partial charge in [0.2, 0.25) is 0 Å². The Balaban J connectivity index is 2.53. The van der Waals surface area contributed by atoms with E-state index in [1.807, 2.05) is 13.8 Å². The molecule has 19 heavy (non-hydrogen) atoms. The van der Waals surface area contributed by atoms with Crippen molar-refractivity contribution in [3.8, 4) is 5.75 Å². The maximum Gasteiger partial charge on any atom is 0.573 e. The zero-order chi connectivity index (χ0) is 14.5. The van der Waals surface area contributed by atoms with Crippen LogP contribution in [0.4, 0.5) is 13.2 Å². The van der Waals surface area contributed by atoms with Crippen LogP contribution in [-0.4, -0.2) is 24.1 Å². The highest BCUT2D eigenvalue weighted by Crippen LogP contribution is 2.22. The minimum absolute atomic E-state index is 0.0208. The van der Waals surface area contributed by atoms with Gasteiger partial charge in [-0.1, -0.05) is 26.0 Å². The van der Waals surface area contributed by atoms with Gasteiger partial charge >= 0.3 is 6.36 Å². The number of ether oxygens (including phenoxy) is 1. The second-order valence-corrected chi connectivity index (χ2v) is 4.61. The van der Waals surface area contributed by atoms with Gasteiger partial charge in [0.05, 0.1) is 6.61 Å². The molecule has 0 aliphatic carbocycles. The van der Waals surface area contributed by atoms with E-state index in [4.69, 9.17) is 5.11 Å². The summed E-state index contributed by atoms with van der Waals surface area (Å²) in [4.78, 5) is 0. The van der Waals surface area contributed by atoms with E-state index in [2.05, 4.69) is 10.1 Å². The molecule has 0 amide bonds. The van der Waals surface area contributed by atoms with Gasteiger partial charge in [-0.15, -0.1) is 13.2 Å². The molecule has 0 aromatic heterocycles. The van der Waals surface area contributed by atoms with Crippen molar-refractivity contribution in [1.82, 2.24) is 5.32 Å². The molecule has 0 bridgehead atoms. The maximum atomic E-state index is 12.0. The zero-order valence-corrected chi connectivity index (χ0v) is 10.9. The normalized spacial score (nSPS) is 13.6. The van der Waals surface area contributed by atoms with E-state index in [0.717, 1.165) is 5.56 Å². The first-order valence-electron chi connectivity index (χ1n) is 6.00. The number of benzene rings is 1. The minimum Gasteiger partial charge on any atom is -0.406 e. The molecule has 0 fully saturated rings. The zero-order valence-electron chi connectivity index (χ0n) is 10.9. The van der Waals surface area contributed by atoms with Crippen LogP contribution in [0.5, 0.6) is 5.75 Å². The third-order valence-corrected chi connectivity index (χ3v) is 2.73. The van der Waals surface area contributed by atoms with Gasteiger partial charge < -0.3 is 15.2 Å². The lowest BCUT2D eigenvalue weighted by Crippen LogP contribution is -2.36.